The molecule has 0 fully saturated rings. The molecule has 0 saturated carbocycles. The van der Waals surface area contributed by atoms with Gasteiger partial charge >= 0.3 is 0 Å². The summed E-state index contributed by atoms with van der Waals surface area (Å²) in [6.45, 7) is 1.76. The molecule has 2 N–H and O–H groups in total. The number of amides is 2. The first-order valence-corrected chi connectivity index (χ1v) is 6.97. The normalized spacial score (nSPS) is 14.3. The maximum absolute atomic E-state index is 13.1. The van der Waals surface area contributed by atoms with Crippen LogP contribution >= 0.6 is 0 Å². The van der Waals surface area contributed by atoms with E-state index in [9.17, 15) is 22.8 Å². The molecule has 0 aromatic heterocycles. The lowest BCUT2D eigenvalue weighted by atomic mass is 10.1. The number of halogens is 3. The van der Waals surface area contributed by atoms with Crippen LogP contribution in [0, 0.1) is 17.5 Å². The molecule has 0 bridgehead atoms. The monoisotopic (exact) mass is 324 g/mol. The molecule has 23 heavy (non-hydrogen) atoms. The van der Waals surface area contributed by atoms with E-state index in [0.717, 1.165) is 12.0 Å². The summed E-state index contributed by atoms with van der Waals surface area (Å²) in [6, 6.07) is 0.239. The zero-order valence-corrected chi connectivity index (χ0v) is 12.3. The zero-order valence-electron chi connectivity index (χ0n) is 12.3. The molecule has 7 heteroatoms. The Morgan fingerprint density at radius 2 is 1.87 bits per heavy atom. The Labute approximate surface area is 131 Å². The summed E-state index contributed by atoms with van der Waals surface area (Å²) in [5.74, 6) is -5.89. The summed E-state index contributed by atoms with van der Waals surface area (Å²) in [4.78, 5) is 23.7. The summed E-state index contributed by atoms with van der Waals surface area (Å²) in [5.41, 5.74) is 0.557. The van der Waals surface area contributed by atoms with E-state index in [2.05, 4.69) is 10.6 Å². The summed E-state index contributed by atoms with van der Waals surface area (Å²) in [7, 11) is 0. The molecular formula is C16H15F3N2O2. The lowest BCUT2D eigenvalue weighted by molar-refractivity contribution is -0.122. The molecule has 1 aromatic carbocycles. The van der Waals surface area contributed by atoms with Crippen LogP contribution in [-0.2, 0) is 4.79 Å². The van der Waals surface area contributed by atoms with Gasteiger partial charge < -0.3 is 10.6 Å². The number of carbonyl (C=O) groups excluding carboxylic acids is 2. The summed E-state index contributed by atoms with van der Waals surface area (Å²) in [5, 5.41) is 4.93. The van der Waals surface area contributed by atoms with E-state index < -0.39 is 40.9 Å². The first-order valence-electron chi connectivity index (χ1n) is 6.97. The van der Waals surface area contributed by atoms with Crippen LogP contribution in [0.4, 0.5) is 13.2 Å². The van der Waals surface area contributed by atoms with Crippen LogP contribution in [0.25, 0.3) is 0 Å². The van der Waals surface area contributed by atoms with Gasteiger partial charge in [-0.2, -0.15) is 0 Å². The number of nitrogens with one attached hydrogen (secondary N) is 2. The smallest absolute Gasteiger partial charge is 0.252 e. The Bertz CT molecular complexity index is 676. The number of allylic oxidation sites excluding steroid dienone is 2. The van der Waals surface area contributed by atoms with Gasteiger partial charge in [0.2, 0.25) is 5.91 Å². The molecule has 4 nitrogen and oxygen atoms in total. The van der Waals surface area contributed by atoms with Crippen molar-refractivity contribution in [2.24, 2.45) is 0 Å². The van der Waals surface area contributed by atoms with Gasteiger partial charge in [0.25, 0.3) is 5.91 Å². The van der Waals surface area contributed by atoms with Gasteiger partial charge in [-0.3, -0.25) is 9.59 Å². The predicted octanol–water partition coefficient (Wildman–Crippen LogP) is 2.22. The minimum absolute atomic E-state index is 0.329. The molecule has 2 amide bonds. The van der Waals surface area contributed by atoms with Crippen LogP contribution < -0.4 is 10.6 Å². The zero-order chi connectivity index (χ0) is 17.0. The number of hydrogen-bond acceptors (Lipinski definition) is 2. The highest BCUT2D eigenvalue weighted by molar-refractivity contribution is 5.97. The number of hydrogen-bond donors (Lipinski definition) is 2. The average molecular weight is 324 g/mol. The summed E-state index contributed by atoms with van der Waals surface area (Å²) >= 11 is 0. The fraction of sp³-hybridized carbons (Fsp3) is 0.250. The quantitative estimate of drug-likeness (QED) is 0.816. The van der Waals surface area contributed by atoms with Crippen LogP contribution in [0.2, 0.25) is 0 Å². The lowest BCUT2D eigenvalue weighted by Crippen LogP contribution is -2.45. The number of carbonyl (C=O) groups is 2. The van der Waals surface area contributed by atoms with Gasteiger partial charge in [0.1, 0.15) is 6.04 Å². The second-order valence-corrected chi connectivity index (χ2v) is 5.08. The molecule has 122 valence electrons. The first-order chi connectivity index (χ1) is 10.9. The Morgan fingerprint density at radius 3 is 2.43 bits per heavy atom. The van der Waals surface area contributed by atoms with E-state index in [1.807, 2.05) is 18.2 Å². The molecule has 1 unspecified atom stereocenters. The molecule has 0 heterocycles. The third kappa shape index (κ3) is 4.21. The lowest BCUT2D eigenvalue weighted by Gasteiger charge is -2.14. The molecule has 0 radical (unpaired) electrons. The SMILES string of the molecule is CC(NC(=O)c1cc(F)c(F)c(F)c1)C(=O)NCC1=CCC=C1. The Kier molecular flexibility index (Phi) is 5.20. The standard InChI is InChI=1S/C16H15F3N2O2/c1-9(15(22)20-8-10-4-2-3-5-10)21-16(23)11-6-12(17)14(19)13(18)7-11/h2,4-7,9H,3,8H2,1H3,(H,20,22)(H,21,23). The summed E-state index contributed by atoms with van der Waals surface area (Å²) < 4.78 is 39.1. The highest BCUT2D eigenvalue weighted by Gasteiger charge is 2.19. The van der Waals surface area contributed by atoms with Crippen molar-refractivity contribution in [3.05, 3.63) is 58.9 Å². The molecule has 1 aliphatic carbocycles. The minimum Gasteiger partial charge on any atom is -0.350 e. The van der Waals surface area contributed by atoms with E-state index in [4.69, 9.17) is 0 Å². The fourth-order valence-corrected chi connectivity index (χ4v) is 2.01. The molecule has 1 aliphatic rings. The van der Waals surface area contributed by atoms with Gasteiger partial charge in [-0.05, 0) is 31.1 Å². The van der Waals surface area contributed by atoms with Crippen molar-refractivity contribution in [1.82, 2.24) is 10.6 Å². The van der Waals surface area contributed by atoms with E-state index in [1.165, 1.54) is 6.92 Å². The highest BCUT2D eigenvalue weighted by atomic mass is 19.2. The van der Waals surface area contributed by atoms with Crippen LogP contribution in [0.5, 0.6) is 0 Å². The van der Waals surface area contributed by atoms with Crippen molar-refractivity contribution in [1.29, 1.82) is 0 Å². The van der Waals surface area contributed by atoms with Crippen molar-refractivity contribution in [2.75, 3.05) is 6.54 Å². The van der Waals surface area contributed by atoms with Crippen molar-refractivity contribution < 1.29 is 22.8 Å². The Morgan fingerprint density at radius 1 is 1.22 bits per heavy atom. The van der Waals surface area contributed by atoms with E-state index in [1.54, 1.807) is 0 Å². The van der Waals surface area contributed by atoms with Gasteiger partial charge in [-0.25, -0.2) is 13.2 Å². The van der Waals surface area contributed by atoms with Crippen molar-refractivity contribution in [2.45, 2.75) is 19.4 Å². The topological polar surface area (TPSA) is 58.2 Å². The third-order valence-electron chi connectivity index (χ3n) is 3.30. The second kappa shape index (κ2) is 7.13. The maximum Gasteiger partial charge on any atom is 0.252 e. The second-order valence-electron chi connectivity index (χ2n) is 5.08. The molecule has 1 atom stereocenters. The molecular weight excluding hydrogens is 309 g/mol. The largest absolute Gasteiger partial charge is 0.350 e. The average Bonchev–Trinajstić information content (AvgIpc) is 3.02. The fourth-order valence-electron chi connectivity index (χ4n) is 2.01. The molecule has 0 spiro atoms. The van der Waals surface area contributed by atoms with Gasteiger partial charge in [-0.1, -0.05) is 18.2 Å². The first kappa shape index (κ1) is 16.8. The van der Waals surface area contributed by atoms with Crippen molar-refractivity contribution in [3.8, 4) is 0 Å². The van der Waals surface area contributed by atoms with Crippen molar-refractivity contribution in [3.63, 3.8) is 0 Å². The molecule has 0 saturated heterocycles. The molecule has 2 rings (SSSR count). The molecule has 1 aromatic rings. The highest BCUT2D eigenvalue weighted by Crippen LogP contribution is 2.13. The van der Waals surface area contributed by atoms with E-state index in [0.29, 0.717) is 18.7 Å². The molecule has 0 aliphatic heterocycles. The predicted molar refractivity (Wildman–Crippen MR) is 78.1 cm³/mol. The van der Waals surface area contributed by atoms with Crippen molar-refractivity contribution >= 4 is 11.8 Å². The van der Waals surface area contributed by atoms with Crippen LogP contribution in [0.1, 0.15) is 23.7 Å². The number of rotatable bonds is 5. The van der Waals surface area contributed by atoms with Gasteiger partial charge in [0.15, 0.2) is 17.5 Å². The van der Waals surface area contributed by atoms with E-state index >= 15 is 0 Å². The van der Waals surface area contributed by atoms with Gasteiger partial charge in [0, 0.05) is 12.1 Å². The van der Waals surface area contributed by atoms with Crippen LogP contribution in [0.15, 0.2) is 35.9 Å². The Hall–Kier alpha value is -2.57. The minimum atomic E-state index is -1.65. The van der Waals surface area contributed by atoms with Crippen LogP contribution in [0.3, 0.4) is 0 Å². The summed E-state index contributed by atoms with van der Waals surface area (Å²) in [6.07, 6.45) is 6.60. The van der Waals surface area contributed by atoms with Gasteiger partial charge in [0.05, 0.1) is 0 Å². The number of benzene rings is 1. The Balaban J connectivity index is 1.93. The van der Waals surface area contributed by atoms with Gasteiger partial charge in [-0.15, -0.1) is 0 Å². The maximum atomic E-state index is 13.1. The third-order valence-corrected chi connectivity index (χ3v) is 3.30. The van der Waals surface area contributed by atoms with E-state index in [-0.39, 0.29) is 0 Å². The van der Waals surface area contributed by atoms with Crippen LogP contribution in [-0.4, -0.2) is 24.4 Å².